The Morgan fingerprint density at radius 1 is 1.23 bits per heavy atom. The molecule has 3 rings (SSSR count). The van der Waals surface area contributed by atoms with Crippen molar-refractivity contribution in [2.75, 3.05) is 7.11 Å². The highest BCUT2D eigenvalue weighted by Crippen LogP contribution is 2.23. The van der Waals surface area contributed by atoms with E-state index in [1.54, 1.807) is 0 Å². The van der Waals surface area contributed by atoms with E-state index in [2.05, 4.69) is 52.2 Å². The molecule has 0 radical (unpaired) electrons. The van der Waals surface area contributed by atoms with Gasteiger partial charge >= 0.3 is 6.09 Å². The Bertz CT molecular complexity index is 821. The zero-order chi connectivity index (χ0) is 18.5. The van der Waals surface area contributed by atoms with Crippen LogP contribution in [-0.2, 0) is 17.8 Å². The minimum absolute atomic E-state index is 0.299. The summed E-state index contributed by atoms with van der Waals surface area (Å²) in [6.07, 6.45) is 1.51. The van der Waals surface area contributed by atoms with E-state index in [1.807, 2.05) is 29.4 Å². The number of amides is 1. The van der Waals surface area contributed by atoms with Crippen LogP contribution in [0.1, 0.15) is 22.3 Å². The molecule has 1 aliphatic rings. The highest BCUT2D eigenvalue weighted by Gasteiger charge is 2.14. The molecule has 0 saturated carbocycles. The third-order valence-corrected chi connectivity index (χ3v) is 4.43. The van der Waals surface area contributed by atoms with Crippen LogP contribution >= 0.6 is 11.6 Å². The second-order valence-electron chi connectivity index (χ2n) is 6.04. The van der Waals surface area contributed by atoms with Crippen LogP contribution < -0.4 is 16.3 Å². The van der Waals surface area contributed by atoms with Gasteiger partial charge in [0, 0.05) is 23.3 Å². The second kappa shape index (κ2) is 8.12. The number of hydrogen-bond acceptors (Lipinski definition) is 5. The molecular weight excluding hydrogens is 352 g/mol. The average molecular weight is 373 g/mol. The van der Waals surface area contributed by atoms with Gasteiger partial charge in [0.1, 0.15) is 0 Å². The highest BCUT2D eigenvalue weighted by atomic mass is 35.5. The molecule has 0 spiro atoms. The summed E-state index contributed by atoms with van der Waals surface area (Å²) in [6.45, 7) is 3.11. The van der Waals surface area contributed by atoms with Gasteiger partial charge in [-0.1, -0.05) is 47.5 Å². The van der Waals surface area contributed by atoms with Crippen molar-refractivity contribution in [3.05, 3.63) is 75.9 Å². The molecule has 0 saturated heterocycles. The van der Waals surface area contributed by atoms with Crippen molar-refractivity contribution in [1.29, 1.82) is 0 Å². The predicted octanol–water partition coefficient (Wildman–Crippen LogP) is 3.33. The van der Waals surface area contributed by atoms with Crippen molar-refractivity contribution in [2.45, 2.75) is 20.0 Å². The molecule has 2 aromatic carbocycles. The summed E-state index contributed by atoms with van der Waals surface area (Å²) < 4.78 is 4.59. The monoisotopic (exact) mass is 372 g/mol. The Morgan fingerprint density at radius 3 is 2.73 bits per heavy atom. The number of aryl methyl sites for hydroxylation is 1. The molecule has 0 aliphatic carbocycles. The van der Waals surface area contributed by atoms with Gasteiger partial charge in [0.2, 0.25) is 0 Å². The average Bonchev–Trinajstić information content (AvgIpc) is 3.11. The number of halogens is 1. The fraction of sp³-hybridized carbons (Fsp3) is 0.211. The number of nitrogens with one attached hydrogen (secondary N) is 3. The number of hydrazine groups is 2. The Balaban J connectivity index is 1.70. The Labute approximate surface area is 157 Å². The Kier molecular flexibility index (Phi) is 5.65. The summed E-state index contributed by atoms with van der Waals surface area (Å²) in [4.78, 5) is 11.3. The second-order valence-corrected chi connectivity index (χ2v) is 6.45. The maximum Gasteiger partial charge on any atom is 0.407 e. The molecule has 0 unspecified atom stereocenters. The minimum atomic E-state index is -0.490. The zero-order valence-corrected chi connectivity index (χ0v) is 15.4. The molecule has 0 aromatic heterocycles. The molecule has 1 aliphatic heterocycles. The van der Waals surface area contributed by atoms with E-state index >= 15 is 0 Å². The predicted molar refractivity (Wildman–Crippen MR) is 102 cm³/mol. The third-order valence-electron chi connectivity index (χ3n) is 4.06. The van der Waals surface area contributed by atoms with Gasteiger partial charge in [-0.25, -0.2) is 4.79 Å². The van der Waals surface area contributed by atoms with Crippen LogP contribution in [0, 0.1) is 6.92 Å². The summed E-state index contributed by atoms with van der Waals surface area (Å²) in [5.74, 6) is 0. The maximum absolute atomic E-state index is 11.3. The molecule has 0 bridgehead atoms. The lowest BCUT2D eigenvalue weighted by molar-refractivity contribution is 0.170. The zero-order valence-electron chi connectivity index (χ0n) is 14.7. The fourth-order valence-electron chi connectivity index (χ4n) is 2.59. The van der Waals surface area contributed by atoms with E-state index in [1.165, 1.54) is 18.2 Å². The topological polar surface area (TPSA) is 65.6 Å². The number of rotatable bonds is 5. The van der Waals surface area contributed by atoms with Gasteiger partial charge < -0.3 is 15.5 Å². The van der Waals surface area contributed by atoms with Crippen molar-refractivity contribution >= 4 is 23.4 Å². The number of methoxy groups -OCH3 is 1. The van der Waals surface area contributed by atoms with E-state index in [0.717, 1.165) is 23.4 Å². The summed E-state index contributed by atoms with van der Waals surface area (Å²) in [5, 5.41) is 5.21. The fourth-order valence-corrected chi connectivity index (χ4v) is 2.78. The molecule has 2 aromatic rings. The molecule has 1 heterocycles. The van der Waals surface area contributed by atoms with Crippen LogP contribution in [0.2, 0.25) is 5.02 Å². The lowest BCUT2D eigenvalue weighted by Gasteiger charge is -2.15. The molecule has 7 heteroatoms. The number of ether oxygens (including phenoxy) is 1. The molecule has 26 heavy (non-hydrogen) atoms. The lowest BCUT2D eigenvalue weighted by Crippen LogP contribution is -2.35. The minimum Gasteiger partial charge on any atom is -0.453 e. The largest absolute Gasteiger partial charge is 0.453 e. The van der Waals surface area contributed by atoms with Crippen LogP contribution in [0.3, 0.4) is 0 Å². The summed E-state index contributed by atoms with van der Waals surface area (Å²) >= 11 is 6.22. The van der Waals surface area contributed by atoms with E-state index in [-0.39, 0.29) is 0 Å². The molecule has 0 atom stereocenters. The highest BCUT2D eigenvalue weighted by molar-refractivity contribution is 6.31. The first-order chi connectivity index (χ1) is 12.5. The van der Waals surface area contributed by atoms with Crippen molar-refractivity contribution in [3.63, 3.8) is 0 Å². The van der Waals surface area contributed by atoms with Crippen molar-refractivity contribution in [1.82, 2.24) is 21.3 Å². The standard InChI is InChI=1S/C19H21ClN4O2/c1-13-3-5-14(6-4-13)11-24-12-18(22-23-24)15-7-8-17(20)16(9-15)10-21-19(25)26-2/h3-9,12,22-23H,10-11H2,1-2H3,(H,21,25). The number of carbonyl (C=O) groups excluding carboxylic acids is 1. The lowest BCUT2D eigenvalue weighted by atomic mass is 10.1. The van der Waals surface area contributed by atoms with E-state index in [4.69, 9.17) is 11.6 Å². The van der Waals surface area contributed by atoms with E-state index in [9.17, 15) is 4.79 Å². The number of carbonyl (C=O) groups is 1. The van der Waals surface area contributed by atoms with Gasteiger partial charge in [-0.2, -0.15) is 0 Å². The summed E-state index contributed by atoms with van der Waals surface area (Å²) in [6, 6.07) is 14.1. The first-order valence-corrected chi connectivity index (χ1v) is 8.59. The van der Waals surface area contributed by atoms with Gasteiger partial charge in [0.15, 0.2) is 0 Å². The van der Waals surface area contributed by atoms with Crippen molar-refractivity contribution < 1.29 is 9.53 Å². The van der Waals surface area contributed by atoms with Gasteiger partial charge in [0.25, 0.3) is 0 Å². The quantitative estimate of drug-likeness (QED) is 0.751. The third kappa shape index (κ3) is 4.47. The number of nitrogens with zero attached hydrogens (tertiary/aromatic N) is 1. The van der Waals surface area contributed by atoms with Crippen LogP contribution in [0.5, 0.6) is 0 Å². The SMILES string of the molecule is COC(=O)NCc1cc(C2=CN(Cc3ccc(C)cc3)NN2)ccc1Cl. The van der Waals surface area contributed by atoms with Crippen LogP contribution in [0.4, 0.5) is 4.79 Å². The molecular formula is C19H21ClN4O2. The maximum atomic E-state index is 11.3. The molecule has 136 valence electrons. The molecule has 0 fully saturated rings. The molecule has 1 amide bonds. The van der Waals surface area contributed by atoms with Crippen molar-refractivity contribution in [2.24, 2.45) is 0 Å². The Hall–Kier alpha value is -2.70. The molecule has 3 N–H and O–H groups in total. The van der Waals surface area contributed by atoms with Crippen LogP contribution in [0.15, 0.2) is 48.7 Å². The summed E-state index contributed by atoms with van der Waals surface area (Å²) in [7, 11) is 1.33. The normalized spacial score (nSPS) is 13.2. The van der Waals surface area contributed by atoms with E-state index in [0.29, 0.717) is 11.6 Å². The Morgan fingerprint density at radius 2 is 2.00 bits per heavy atom. The smallest absolute Gasteiger partial charge is 0.407 e. The van der Waals surface area contributed by atoms with Crippen LogP contribution in [-0.4, -0.2) is 18.2 Å². The van der Waals surface area contributed by atoms with Gasteiger partial charge in [0.05, 0.1) is 19.4 Å². The van der Waals surface area contributed by atoms with Crippen LogP contribution in [0.25, 0.3) is 5.70 Å². The number of benzene rings is 2. The van der Waals surface area contributed by atoms with Crippen molar-refractivity contribution in [3.8, 4) is 0 Å². The molecule has 6 nitrogen and oxygen atoms in total. The first-order valence-electron chi connectivity index (χ1n) is 8.21. The number of hydrogen-bond donors (Lipinski definition) is 3. The van der Waals surface area contributed by atoms with Gasteiger partial charge in [-0.05, 0) is 30.2 Å². The first kappa shape index (κ1) is 18.1. The summed E-state index contributed by atoms with van der Waals surface area (Å²) in [5.41, 5.74) is 11.4. The number of alkyl carbamates (subject to hydrolysis) is 1. The van der Waals surface area contributed by atoms with Gasteiger partial charge in [-0.3, -0.25) is 5.01 Å². The van der Waals surface area contributed by atoms with E-state index < -0.39 is 6.09 Å². The van der Waals surface area contributed by atoms with Gasteiger partial charge in [-0.15, -0.1) is 5.53 Å².